The lowest BCUT2D eigenvalue weighted by Crippen LogP contribution is -2.41. The lowest BCUT2D eigenvalue weighted by molar-refractivity contribution is -0.119. The van der Waals surface area contributed by atoms with Gasteiger partial charge < -0.3 is 16.2 Å². The van der Waals surface area contributed by atoms with Gasteiger partial charge in [-0.2, -0.15) is 0 Å². The molecule has 4 N–H and O–H groups in total. The molecule has 1 unspecified atom stereocenters. The first-order chi connectivity index (χ1) is 8.84. The third-order valence-electron chi connectivity index (χ3n) is 3.09. The fourth-order valence-corrected chi connectivity index (χ4v) is 1.90. The van der Waals surface area contributed by atoms with E-state index < -0.39 is 11.9 Å². The van der Waals surface area contributed by atoms with Gasteiger partial charge in [-0.25, -0.2) is 0 Å². The van der Waals surface area contributed by atoms with Crippen molar-refractivity contribution in [2.75, 3.05) is 6.61 Å². The minimum atomic E-state index is -0.778. The van der Waals surface area contributed by atoms with E-state index in [0.29, 0.717) is 11.8 Å². The number of rotatable bonds is 6. The molecular weight excluding hydrogens is 240 g/mol. The van der Waals surface area contributed by atoms with Crippen molar-refractivity contribution in [2.24, 2.45) is 11.5 Å². The highest BCUT2D eigenvalue weighted by atomic mass is 16.5. The number of para-hydroxylation sites is 1. The predicted octanol–water partition coefficient (Wildman–Crippen LogP) is 2.12. The molecule has 0 aliphatic carbocycles. The molecule has 0 aromatic heterocycles. The van der Waals surface area contributed by atoms with Crippen LogP contribution in [0.4, 0.5) is 0 Å². The standard InChI is InChI=1S/C15H24N2O2/c1-9(2)11-6-5-7-12(10(3)4)14(11)19-8-13(16)15(17)18/h5-7,9-10,13H,8,16H2,1-4H3,(H2,17,18). The molecule has 1 aromatic rings. The predicted molar refractivity (Wildman–Crippen MR) is 77.3 cm³/mol. The van der Waals surface area contributed by atoms with E-state index >= 15 is 0 Å². The zero-order valence-electron chi connectivity index (χ0n) is 12.1. The van der Waals surface area contributed by atoms with Crippen LogP contribution in [0.2, 0.25) is 0 Å². The first-order valence-electron chi connectivity index (χ1n) is 6.65. The third kappa shape index (κ3) is 3.96. The Labute approximate surface area is 115 Å². The fourth-order valence-electron chi connectivity index (χ4n) is 1.90. The Kier molecular flexibility index (Phi) is 5.36. The van der Waals surface area contributed by atoms with Crippen LogP contribution in [0.1, 0.15) is 50.7 Å². The summed E-state index contributed by atoms with van der Waals surface area (Å²) in [4.78, 5) is 11.0. The Morgan fingerprint density at radius 2 is 1.63 bits per heavy atom. The molecule has 1 aromatic carbocycles. The first-order valence-corrected chi connectivity index (χ1v) is 6.65. The van der Waals surface area contributed by atoms with Crippen molar-refractivity contribution in [3.63, 3.8) is 0 Å². The maximum atomic E-state index is 11.0. The Morgan fingerprint density at radius 3 is 2.00 bits per heavy atom. The van der Waals surface area contributed by atoms with Crippen molar-refractivity contribution in [3.8, 4) is 5.75 Å². The zero-order chi connectivity index (χ0) is 14.6. The second kappa shape index (κ2) is 6.57. The molecule has 1 rings (SSSR count). The summed E-state index contributed by atoms with van der Waals surface area (Å²) in [6.07, 6.45) is 0. The van der Waals surface area contributed by atoms with Crippen LogP contribution in [0.3, 0.4) is 0 Å². The van der Waals surface area contributed by atoms with Gasteiger partial charge in [-0.1, -0.05) is 45.9 Å². The molecule has 106 valence electrons. The summed E-state index contributed by atoms with van der Waals surface area (Å²) in [5.41, 5.74) is 13.0. The summed E-state index contributed by atoms with van der Waals surface area (Å²) in [6, 6.07) is 5.34. The van der Waals surface area contributed by atoms with Gasteiger partial charge in [0.15, 0.2) is 0 Å². The number of carbonyl (C=O) groups excluding carboxylic acids is 1. The van der Waals surface area contributed by atoms with Gasteiger partial charge in [0, 0.05) is 0 Å². The third-order valence-corrected chi connectivity index (χ3v) is 3.09. The largest absolute Gasteiger partial charge is 0.491 e. The van der Waals surface area contributed by atoms with Crippen molar-refractivity contribution in [1.29, 1.82) is 0 Å². The molecule has 1 atom stereocenters. The smallest absolute Gasteiger partial charge is 0.237 e. The van der Waals surface area contributed by atoms with E-state index in [1.807, 2.05) is 18.2 Å². The molecule has 1 amide bonds. The van der Waals surface area contributed by atoms with Crippen LogP contribution in [-0.2, 0) is 4.79 Å². The quantitative estimate of drug-likeness (QED) is 0.826. The van der Waals surface area contributed by atoms with E-state index in [0.717, 1.165) is 16.9 Å². The molecule has 0 aliphatic heterocycles. The van der Waals surface area contributed by atoms with Crippen molar-refractivity contribution in [3.05, 3.63) is 29.3 Å². The Hall–Kier alpha value is -1.55. The maximum absolute atomic E-state index is 11.0. The van der Waals surface area contributed by atoms with E-state index in [1.165, 1.54) is 0 Å². The van der Waals surface area contributed by atoms with E-state index in [9.17, 15) is 4.79 Å². The number of amides is 1. The van der Waals surface area contributed by atoms with Crippen LogP contribution < -0.4 is 16.2 Å². The molecule has 19 heavy (non-hydrogen) atoms. The van der Waals surface area contributed by atoms with Gasteiger partial charge in [-0.05, 0) is 23.0 Å². The second-order valence-corrected chi connectivity index (χ2v) is 5.39. The van der Waals surface area contributed by atoms with Crippen LogP contribution >= 0.6 is 0 Å². The molecule has 0 heterocycles. The zero-order valence-corrected chi connectivity index (χ0v) is 12.1. The summed E-state index contributed by atoms with van der Waals surface area (Å²) < 4.78 is 5.79. The highest BCUT2D eigenvalue weighted by molar-refractivity contribution is 5.79. The van der Waals surface area contributed by atoms with E-state index in [2.05, 4.69) is 27.7 Å². The topological polar surface area (TPSA) is 78.3 Å². The maximum Gasteiger partial charge on any atom is 0.237 e. The first kappa shape index (κ1) is 15.5. The highest BCUT2D eigenvalue weighted by Crippen LogP contribution is 2.34. The van der Waals surface area contributed by atoms with Gasteiger partial charge in [0.2, 0.25) is 5.91 Å². The Balaban J connectivity index is 3.04. The molecule has 0 radical (unpaired) electrons. The average molecular weight is 264 g/mol. The number of benzene rings is 1. The Bertz CT molecular complexity index is 416. The monoisotopic (exact) mass is 264 g/mol. The Morgan fingerprint density at radius 1 is 1.16 bits per heavy atom. The van der Waals surface area contributed by atoms with E-state index in [1.54, 1.807) is 0 Å². The number of carbonyl (C=O) groups is 1. The summed E-state index contributed by atoms with van der Waals surface area (Å²) in [5, 5.41) is 0. The molecule has 0 saturated heterocycles. The van der Waals surface area contributed by atoms with Gasteiger partial charge >= 0.3 is 0 Å². The number of primary amides is 1. The van der Waals surface area contributed by atoms with Gasteiger partial charge in [-0.3, -0.25) is 4.79 Å². The summed E-state index contributed by atoms with van der Waals surface area (Å²) in [7, 11) is 0. The fraction of sp³-hybridized carbons (Fsp3) is 0.533. The van der Waals surface area contributed by atoms with Crippen LogP contribution in [0, 0.1) is 0 Å². The van der Waals surface area contributed by atoms with Crippen molar-refractivity contribution in [1.82, 2.24) is 0 Å². The summed E-state index contributed by atoms with van der Waals surface area (Å²) in [6.45, 7) is 8.56. The number of nitrogens with two attached hydrogens (primary N) is 2. The molecule has 0 fully saturated rings. The van der Waals surface area contributed by atoms with Crippen LogP contribution in [0.25, 0.3) is 0 Å². The van der Waals surface area contributed by atoms with Gasteiger partial charge in [0.1, 0.15) is 18.4 Å². The van der Waals surface area contributed by atoms with E-state index in [-0.39, 0.29) is 6.61 Å². The number of hydrogen-bond donors (Lipinski definition) is 2. The minimum Gasteiger partial charge on any atom is -0.491 e. The molecule has 4 nitrogen and oxygen atoms in total. The molecule has 0 saturated carbocycles. The van der Waals surface area contributed by atoms with Crippen molar-refractivity contribution < 1.29 is 9.53 Å². The highest BCUT2D eigenvalue weighted by Gasteiger charge is 2.17. The lowest BCUT2D eigenvalue weighted by Gasteiger charge is -2.21. The molecule has 0 spiro atoms. The second-order valence-electron chi connectivity index (χ2n) is 5.39. The average Bonchev–Trinajstić information content (AvgIpc) is 2.34. The van der Waals surface area contributed by atoms with Crippen LogP contribution in [0.5, 0.6) is 5.75 Å². The summed E-state index contributed by atoms with van der Waals surface area (Å²) in [5.74, 6) is 0.981. The normalized spacial score (nSPS) is 12.8. The van der Waals surface area contributed by atoms with Gasteiger partial charge in [0.25, 0.3) is 0 Å². The van der Waals surface area contributed by atoms with Gasteiger partial charge in [0.05, 0.1) is 0 Å². The van der Waals surface area contributed by atoms with Crippen molar-refractivity contribution >= 4 is 5.91 Å². The molecule has 4 heteroatoms. The number of hydrogen-bond acceptors (Lipinski definition) is 3. The van der Waals surface area contributed by atoms with E-state index in [4.69, 9.17) is 16.2 Å². The molecular formula is C15H24N2O2. The summed E-state index contributed by atoms with van der Waals surface area (Å²) >= 11 is 0. The molecule has 0 aliphatic rings. The minimum absolute atomic E-state index is 0.110. The molecule has 0 bridgehead atoms. The van der Waals surface area contributed by atoms with Crippen molar-refractivity contribution in [2.45, 2.75) is 45.6 Å². The van der Waals surface area contributed by atoms with Crippen LogP contribution in [-0.4, -0.2) is 18.6 Å². The van der Waals surface area contributed by atoms with Crippen LogP contribution in [0.15, 0.2) is 18.2 Å². The van der Waals surface area contributed by atoms with Gasteiger partial charge in [-0.15, -0.1) is 0 Å². The number of ether oxygens (including phenoxy) is 1. The lowest BCUT2D eigenvalue weighted by atomic mass is 9.94. The SMILES string of the molecule is CC(C)c1cccc(C(C)C)c1OCC(N)C(N)=O.